The molecule has 106 valence electrons. The number of benzene rings is 1. The van der Waals surface area contributed by atoms with Gasteiger partial charge in [-0.2, -0.15) is 0 Å². The Balaban J connectivity index is 2.39. The maximum atomic E-state index is 11.9. The number of hydrogen-bond acceptors (Lipinski definition) is 1. The number of carbonyl (C=O) groups is 1. The molecule has 2 nitrogen and oxygen atoms in total. The molecule has 0 fully saturated rings. The minimum atomic E-state index is 0.0245. The van der Waals surface area contributed by atoms with Crippen LogP contribution in [-0.2, 0) is 11.2 Å². The van der Waals surface area contributed by atoms with Gasteiger partial charge < -0.3 is 5.32 Å². The van der Waals surface area contributed by atoms with Gasteiger partial charge in [0.25, 0.3) is 0 Å². The van der Waals surface area contributed by atoms with Crippen LogP contribution in [0.3, 0.4) is 0 Å². The second kappa shape index (κ2) is 8.21. The van der Waals surface area contributed by atoms with Crippen molar-refractivity contribution in [3.05, 3.63) is 35.4 Å². The van der Waals surface area contributed by atoms with E-state index in [1.165, 1.54) is 5.56 Å². The van der Waals surface area contributed by atoms with Crippen LogP contribution < -0.4 is 5.32 Å². The average molecular weight is 282 g/mol. The van der Waals surface area contributed by atoms with Crippen LogP contribution in [-0.4, -0.2) is 17.8 Å². The minimum Gasteiger partial charge on any atom is -0.354 e. The lowest BCUT2D eigenvalue weighted by atomic mass is 9.99. The number of aryl methyl sites for hydroxylation is 1. The normalized spacial score (nSPS) is 12.5. The maximum Gasteiger partial charge on any atom is 0.224 e. The Hall–Kier alpha value is -1.02. The van der Waals surface area contributed by atoms with Crippen molar-refractivity contribution in [2.75, 3.05) is 6.54 Å². The van der Waals surface area contributed by atoms with Gasteiger partial charge in [-0.15, -0.1) is 11.6 Å². The van der Waals surface area contributed by atoms with Crippen LogP contribution >= 0.6 is 11.6 Å². The lowest BCUT2D eigenvalue weighted by Crippen LogP contribution is -2.34. The summed E-state index contributed by atoms with van der Waals surface area (Å²) in [7, 11) is 0. The van der Waals surface area contributed by atoms with Gasteiger partial charge >= 0.3 is 0 Å². The lowest BCUT2D eigenvalue weighted by molar-refractivity contribution is -0.120. The molecule has 1 atom stereocenters. The first-order chi connectivity index (χ1) is 9.06. The molecule has 0 aliphatic rings. The van der Waals surface area contributed by atoms with Crippen molar-refractivity contribution >= 4 is 17.5 Å². The highest BCUT2D eigenvalue weighted by molar-refractivity contribution is 6.21. The number of halogens is 1. The van der Waals surface area contributed by atoms with Crippen molar-refractivity contribution in [2.24, 2.45) is 5.92 Å². The predicted octanol–water partition coefficient (Wildman–Crippen LogP) is 3.70. The van der Waals surface area contributed by atoms with E-state index >= 15 is 0 Å². The Bertz CT molecular complexity index is 401. The van der Waals surface area contributed by atoms with Crippen LogP contribution in [0.2, 0.25) is 0 Å². The van der Waals surface area contributed by atoms with E-state index in [0.717, 1.165) is 18.4 Å². The zero-order valence-electron chi connectivity index (χ0n) is 12.1. The third-order valence-corrected chi connectivity index (χ3v) is 4.01. The Kier molecular flexibility index (Phi) is 6.93. The Labute approximate surface area is 121 Å². The summed E-state index contributed by atoms with van der Waals surface area (Å²) in [4.78, 5) is 11.9. The second-order valence-electron chi connectivity index (χ2n) is 5.06. The molecule has 0 heterocycles. The standard InChI is InChI=1S/C16H24ClNO/c1-4-14(5-2)15(17)11-18-16(19)10-13-8-6-7-12(3)9-13/h6-9,14-15H,4-5,10-11H2,1-3H3,(H,18,19). The fraction of sp³-hybridized carbons (Fsp3) is 0.562. The molecular weight excluding hydrogens is 258 g/mol. The van der Waals surface area contributed by atoms with Gasteiger partial charge in [-0.25, -0.2) is 0 Å². The van der Waals surface area contributed by atoms with Crippen molar-refractivity contribution in [3.63, 3.8) is 0 Å². The summed E-state index contributed by atoms with van der Waals surface area (Å²) < 4.78 is 0. The summed E-state index contributed by atoms with van der Waals surface area (Å²) in [6.07, 6.45) is 2.53. The third kappa shape index (κ3) is 5.65. The summed E-state index contributed by atoms with van der Waals surface area (Å²) in [5, 5.41) is 2.95. The molecule has 0 bridgehead atoms. The molecule has 1 amide bonds. The number of amides is 1. The molecule has 3 heteroatoms. The first-order valence-electron chi connectivity index (χ1n) is 7.03. The van der Waals surface area contributed by atoms with Crippen LogP contribution in [0.1, 0.15) is 37.8 Å². The number of hydrogen-bond donors (Lipinski definition) is 1. The number of nitrogens with one attached hydrogen (secondary N) is 1. The number of alkyl halides is 1. The minimum absolute atomic E-state index is 0.0245. The van der Waals surface area contributed by atoms with Gasteiger partial charge in [-0.1, -0.05) is 56.5 Å². The van der Waals surface area contributed by atoms with Gasteiger partial charge in [0.05, 0.1) is 11.8 Å². The molecule has 1 N–H and O–H groups in total. The predicted molar refractivity (Wildman–Crippen MR) is 81.6 cm³/mol. The lowest BCUT2D eigenvalue weighted by Gasteiger charge is -2.19. The van der Waals surface area contributed by atoms with E-state index in [1.54, 1.807) is 0 Å². The molecule has 1 aromatic rings. The van der Waals surface area contributed by atoms with Gasteiger partial charge in [0.2, 0.25) is 5.91 Å². The van der Waals surface area contributed by atoms with Crippen molar-refractivity contribution in [1.29, 1.82) is 0 Å². The molecule has 0 aromatic heterocycles. The molecule has 0 spiro atoms. The van der Waals surface area contributed by atoms with E-state index in [0.29, 0.717) is 18.9 Å². The van der Waals surface area contributed by atoms with Gasteiger partial charge in [0, 0.05) is 6.54 Å². The van der Waals surface area contributed by atoms with Crippen LogP contribution in [0.15, 0.2) is 24.3 Å². The van der Waals surface area contributed by atoms with Crippen LogP contribution in [0.5, 0.6) is 0 Å². The number of rotatable bonds is 7. The van der Waals surface area contributed by atoms with Crippen molar-refractivity contribution in [3.8, 4) is 0 Å². The summed E-state index contributed by atoms with van der Waals surface area (Å²) >= 11 is 6.30. The molecular formula is C16H24ClNO. The molecule has 0 aliphatic carbocycles. The van der Waals surface area contributed by atoms with E-state index in [-0.39, 0.29) is 11.3 Å². The first-order valence-corrected chi connectivity index (χ1v) is 7.46. The largest absolute Gasteiger partial charge is 0.354 e. The number of carbonyl (C=O) groups excluding carboxylic acids is 1. The molecule has 0 saturated heterocycles. The monoisotopic (exact) mass is 281 g/mol. The highest BCUT2D eigenvalue weighted by Gasteiger charge is 2.16. The van der Waals surface area contributed by atoms with E-state index in [4.69, 9.17) is 11.6 Å². The fourth-order valence-electron chi connectivity index (χ4n) is 2.25. The third-order valence-electron chi connectivity index (χ3n) is 3.50. The second-order valence-corrected chi connectivity index (χ2v) is 5.62. The van der Waals surface area contributed by atoms with Gasteiger partial charge in [0.15, 0.2) is 0 Å². The summed E-state index contributed by atoms with van der Waals surface area (Å²) in [6.45, 7) is 6.86. The highest BCUT2D eigenvalue weighted by Crippen LogP contribution is 2.17. The summed E-state index contributed by atoms with van der Waals surface area (Å²) in [5.74, 6) is 0.517. The van der Waals surface area contributed by atoms with Crippen LogP contribution in [0, 0.1) is 12.8 Å². The topological polar surface area (TPSA) is 29.1 Å². The Morgan fingerprint density at radius 3 is 2.58 bits per heavy atom. The molecule has 19 heavy (non-hydrogen) atoms. The van der Waals surface area contributed by atoms with Gasteiger partial charge in [-0.3, -0.25) is 4.79 Å². The zero-order chi connectivity index (χ0) is 14.3. The van der Waals surface area contributed by atoms with E-state index in [9.17, 15) is 4.79 Å². The van der Waals surface area contributed by atoms with Gasteiger partial charge in [0.1, 0.15) is 0 Å². The molecule has 0 aliphatic heterocycles. The molecule has 1 unspecified atom stereocenters. The van der Waals surface area contributed by atoms with E-state index < -0.39 is 0 Å². The maximum absolute atomic E-state index is 11.9. The molecule has 1 rings (SSSR count). The summed E-state index contributed by atoms with van der Waals surface area (Å²) in [5.41, 5.74) is 2.23. The summed E-state index contributed by atoms with van der Waals surface area (Å²) in [6, 6.07) is 8.03. The van der Waals surface area contributed by atoms with Crippen molar-refractivity contribution < 1.29 is 4.79 Å². The average Bonchev–Trinajstić information content (AvgIpc) is 2.38. The highest BCUT2D eigenvalue weighted by atomic mass is 35.5. The van der Waals surface area contributed by atoms with E-state index in [1.807, 2.05) is 31.2 Å². The fourth-order valence-corrected chi connectivity index (χ4v) is 2.68. The molecule has 1 aromatic carbocycles. The van der Waals surface area contributed by atoms with Crippen molar-refractivity contribution in [2.45, 2.75) is 45.4 Å². The quantitative estimate of drug-likeness (QED) is 0.759. The first kappa shape index (κ1) is 16.0. The zero-order valence-corrected chi connectivity index (χ0v) is 12.8. The molecule has 0 radical (unpaired) electrons. The van der Waals surface area contributed by atoms with E-state index in [2.05, 4.69) is 19.2 Å². The Morgan fingerprint density at radius 1 is 1.32 bits per heavy atom. The smallest absolute Gasteiger partial charge is 0.224 e. The van der Waals surface area contributed by atoms with Crippen LogP contribution in [0.4, 0.5) is 0 Å². The van der Waals surface area contributed by atoms with Crippen LogP contribution in [0.25, 0.3) is 0 Å². The molecule has 0 saturated carbocycles. The SMILES string of the molecule is CCC(CC)C(Cl)CNC(=O)Cc1cccc(C)c1. The van der Waals surface area contributed by atoms with Gasteiger partial charge in [-0.05, 0) is 18.4 Å². The Morgan fingerprint density at radius 2 is 2.00 bits per heavy atom. The van der Waals surface area contributed by atoms with Crippen molar-refractivity contribution in [1.82, 2.24) is 5.32 Å².